The number of nitrogens with zero attached hydrogens (tertiary/aromatic N) is 6. The Kier molecular flexibility index (Phi) is 8.10. The van der Waals surface area contributed by atoms with Crippen molar-refractivity contribution in [3.8, 4) is 11.9 Å². The lowest BCUT2D eigenvalue weighted by molar-refractivity contribution is -0.138. The Morgan fingerprint density at radius 3 is 2.35 bits per heavy atom. The molecular weight excluding hydrogens is 521 g/mol. The van der Waals surface area contributed by atoms with Gasteiger partial charge in [-0.25, -0.2) is 9.67 Å². The van der Waals surface area contributed by atoms with Gasteiger partial charge in [-0.15, -0.1) is 0 Å². The van der Waals surface area contributed by atoms with Crippen LogP contribution in [0.1, 0.15) is 72.4 Å². The Morgan fingerprint density at radius 1 is 1.12 bits per heavy atom. The number of pyridine rings is 2. The Morgan fingerprint density at radius 2 is 1.82 bits per heavy atom. The smallest absolute Gasteiger partial charge is 0.343 e. The Bertz CT molecular complexity index is 1410. The molecule has 210 valence electrons. The van der Waals surface area contributed by atoms with E-state index in [1.165, 1.54) is 16.9 Å². The predicted octanol–water partition coefficient (Wildman–Crippen LogP) is 5.23. The van der Waals surface area contributed by atoms with Crippen molar-refractivity contribution >= 4 is 11.7 Å². The maximum absolute atomic E-state index is 13.0. The Hall–Kier alpha value is -4.07. The molecule has 0 aromatic carbocycles. The molecule has 3 heterocycles. The zero-order chi connectivity index (χ0) is 29.2. The third-order valence-corrected chi connectivity index (χ3v) is 7.69. The standard InChI is InChI=1S/C29H31F3N6O2/c1-18(2)27(40)37(4)22-9-11-28(17-33,12-10-22)25-7-5-20(14-34-25)13-24(39)23-16-36-38(19(23)3)26-8-6-21(15-35-26)29(30,31)32/h5-8,14-16,18,22H,9-13H2,1-4H3. The number of amides is 1. The fourth-order valence-electron chi connectivity index (χ4n) is 5.18. The number of nitriles is 1. The number of hydrogen-bond acceptors (Lipinski definition) is 6. The molecule has 4 rings (SSSR count). The van der Waals surface area contributed by atoms with Gasteiger partial charge in [0.1, 0.15) is 0 Å². The summed E-state index contributed by atoms with van der Waals surface area (Å²) in [6.07, 6.45) is 1.86. The summed E-state index contributed by atoms with van der Waals surface area (Å²) in [7, 11) is 1.82. The van der Waals surface area contributed by atoms with Gasteiger partial charge < -0.3 is 4.90 Å². The monoisotopic (exact) mass is 552 g/mol. The summed E-state index contributed by atoms with van der Waals surface area (Å²) in [6.45, 7) is 5.41. The molecule has 8 nitrogen and oxygen atoms in total. The third kappa shape index (κ3) is 5.76. The van der Waals surface area contributed by atoms with Crippen LogP contribution < -0.4 is 0 Å². The Labute approximate surface area is 230 Å². The van der Waals surface area contributed by atoms with Crippen LogP contribution in [0.2, 0.25) is 0 Å². The van der Waals surface area contributed by atoms with Crippen molar-refractivity contribution in [3.63, 3.8) is 0 Å². The summed E-state index contributed by atoms with van der Waals surface area (Å²) in [5, 5.41) is 14.2. The molecule has 0 radical (unpaired) electrons. The van der Waals surface area contributed by atoms with Crippen LogP contribution >= 0.6 is 0 Å². The number of Topliss-reactive ketones (excluding diaryl/α,β-unsaturated/α-hetero) is 1. The van der Waals surface area contributed by atoms with E-state index in [-0.39, 0.29) is 35.9 Å². The van der Waals surface area contributed by atoms with Gasteiger partial charge in [-0.05, 0) is 56.4 Å². The first-order chi connectivity index (χ1) is 18.9. The minimum Gasteiger partial charge on any atom is -0.343 e. The van der Waals surface area contributed by atoms with E-state index >= 15 is 0 Å². The molecule has 0 unspecified atom stereocenters. The van der Waals surface area contributed by atoms with Crippen LogP contribution in [0, 0.1) is 24.2 Å². The van der Waals surface area contributed by atoms with Crippen LogP contribution in [-0.4, -0.2) is 49.4 Å². The van der Waals surface area contributed by atoms with Gasteiger partial charge in [-0.1, -0.05) is 19.9 Å². The molecule has 1 fully saturated rings. The van der Waals surface area contributed by atoms with Crippen LogP contribution in [-0.2, 0) is 22.8 Å². The maximum atomic E-state index is 13.0. The van der Waals surface area contributed by atoms with Crippen molar-refractivity contribution < 1.29 is 22.8 Å². The van der Waals surface area contributed by atoms with Crippen LogP contribution in [0.15, 0.2) is 42.9 Å². The number of aromatic nitrogens is 4. The lowest BCUT2D eigenvalue weighted by atomic mass is 9.71. The minimum absolute atomic E-state index is 0.0456. The maximum Gasteiger partial charge on any atom is 0.417 e. The minimum atomic E-state index is -4.49. The number of hydrogen-bond donors (Lipinski definition) is 0. The molecule has 3 aromatic heterocycles. The van der Waals surface area contributed by atoms with Crippen LogP contribution in [0.5, 0.6) is 0 Å². The predicted molar refractivity (Wildman–Crippen MR) is 141 cm³/mol. The van der Waals surface area contributed by atoms with Gasteiger partial charge in [0, 0.05) is 37.8 Å². The second kappa shape index (κ2) is 11.2. The number of ketones is 1. The van der Waals surface area contributed by atoms with Crippen molar-refractivity contribution in [1.82, 2.24) is 24.6 Å². The first-order valence-electron chi connectivity index (χ1n) is 13.1. The first-order valence-corrected chi connectivity index (χ1v) is 13.1. The fourth-order valence-corrected chi connectivity index (χ4v) is 5.18. The van der Waals surface area contributed by atoms with Gasteiger partial charge in [0.25, 0.3) is 0 Å². The summed E-state index contributed by atoms with van der Waals surface area (Å²) in [4.78, 5) is 35.6. The molecule has 0 N–H and O–H groups in total. The van der Waals surface area contributed by atoms with Crippen LogP contribution in [0.25, 0.3) is 5.82 Å². The van der Waals surface area contributed by atoms with E-state index in [4.69, 9.17) is 0 Å². The molecule has 1 aliphatic carbocycles. The average molecular weight is 553 g/mol. The summed E-state index contributed by atoms with van der Waals surface area (Å²) in [5.74, 6) is -0.0346. The highest BCUT2D eigenvalue weighted by molar-refractivity contribution is 5.98. The molecule has 0 aliphatic heterocycles. The zero-order valence-corrected chi connectivity index (χ0v) is 22.9. The Balaban J connectivity index is 1.43. The van der Waals surface area contributed by atoms with Crippen molar-refractivity contribution in [3.05, 3.63) is 70.9 Å². The largest absolute Gasteiger partial charge is 0.417 e. The van der Waals surface area contributed by atoms with E-state index in [1.807, 2.05) is 20.9 Å². The second-order valence-electron chi connectivity index (χ2n) is 10.6. The van der Waals surface area contributed by atoms with Gasteiger partial charge in [-0.3, -0.25) is 14.6 Å². The summed E-state index contributed by atoms with van der Waals surface area (Å²) >= 11 is 0. The molecule has 0 atom stereocenters. The summed E-state index contributed by atoms with van der Waals surface area (Å²) in [6, 6.07) is 8.25. The number of alkyl halides is 3. The first kappa shape index (κ1) is 28.9. The number of carbonyl (C=O) groups excluding carboxylic acids is 2. The van der Waals surface area contributed by atoms with Crippen molar-refractivity contribution in [1.29, 1.82) is 5.26 Å². The van der Waals surface area contributed by atoms with E-state index in [0.717, 1.165) is 12.3 Å². The quantitative estimate of drug-likeness (QED) is 0.372. The zero-order valence-electron chi connectivity index (χ0n) is 22.9. The van der Waals surface area contributed by atoms with Gasteiger partial charge in [0.2, 0.25) is 5.91 Å². The SMILES string of the molecule is Cc1c(C(=O)Cc2ccc(C3(C#N)CCC(N(C)C(=O)C(C)C)CC3)nc2)cnn1-c1ccc(C(F)(F)F)cn1. The highest BCUT2D eigenvalue weighted by atomic mass is 19.4. The van der Waals surface area contributed by atoms with Gasteiger partial charge in [0.05, 0.1) is 40.2 Å². The number of carbonyl (C=O) groups is 2. The normalized spacial score (nSPS) is 19.3. The second-order valence-corrected chi connectivity index (χ2v) is 10.6. The topological polar surface area (TPSA) is 105 Å². The van der Waals surface area contributed by atoms with Gasteiger partial charge in [0.15, 0.2) is 11.6 Å². The fraction of sp³-hybridized carbons (Fsp3) is 0.448. The molecule has 0 saturated heterocycles. The van der Waals surface area contributed by atoms with Crippen molar-refractivity contribution in [2.24, 2.45) is 5.92 Å². The molecule has 1 saturated carbocycles. The molecule has 1 aliphatic rings. The third-order valence-electron chi connectivity index (χ3n) is 7.69. The molecule has 0 bridgehead atoms. The highest BCUT2D eigenvalue weighted by Crippen LogP contribution is 2.39. The number of halogens is 3. The van der Waals surface area contributed by atoms with Crippen molar-refractivity contribution in [2.75, 3.05) is 7.05 Å². The summed E-state index contributed by atoms with van der Waals surface area (Å²) in [5.41, 5.74) is 0.499. The molecule has 40 heavy (non-hydrogen) atoms. The molecule has 1 amide bonds. The van der Waals surface area contributed by atoms with E-state index in [9.17, 15) is 28.0 Å². The molecule has 3 aromatic rings. The number of rotatable bonds is 7. The van der Waals surface area contributed by atoms with Gasteiger partial charge in [-0.2, -0.15) is 23.5 Å². The van der Waals surface area contributed by atoms with Crippen LogP contribution in [0.4, 0.5) is 13.2 Å². The molecule has 11 heteroatoms. The molecule has 0 spiro atoms. The van der Waals surface area contributed by atoms with Gasteiger partial charge >= 0.3 is 6.18 Å². The van der Waals surface area contributed by atoms with E-state index in [2.05, 4.69) is 21.1 Å². The van der Waals surface area contributed by atoms with E-state index < -0.39 is 17.2 Å². The van der Waals surface area contributed by atoms with E-state index in [1.54, 1.807) is 30.2 Å². The highest BCUT2D eigenvalue weighted by Gasteiger charge is 2.40. The summed E-state index contributed by atoms with van der Waals surface area (Å²) < 4.78 is 39.9. The lowest BCUT2D eigenvalue weighted by Crippen LogP contribution is -2.44. The van der Waals surface area contributed by atoms with Crippen LogP contribution in [0.3, 0.4) is 0 Å². The van der Waals surface area contributed by atoms with E-state index in [0.29, 0.717) is 48.2 Å². The lowest BCUT2D eigenvalue weighted by Gasteiger charge is -2.39. The molecular formula is C29H31F3N6O2. The van der Waals surface area contributed by atoms with Crippen molar-refractivity contribution in [2.45, 2.75) is 70.5 Å². The average Bonchev–Trinajstić information content (AvgIpc) is 3.33.